The van der Waals surface area contributed by atoms with Crippen molar-refractivity contribution in [3.63, 3.8) is 0 Å². The Morgan fingerprint density at radius 2 is 1.93 bits per heavy atom. The molecule has 7 nitrogen and oxygen atoms in total. The summed E-state index contributed by atoms with van der Waals surface area (Å²) in [6.45, 7) is 4.53. The summed E-state index contributed by atoms with van der Waals surface area (Å²) in [6, 6.07) is 1.90. The van der Waals surface area contributed by atoms with Crippen LogP contribution >= 0.6 is 15.9 Å². The number of carbonyl (C=O) groups is 1. The predicted octanol–water partition coefficient (Wildman–Crippen LogP) is 3.45. The van der Waals surface area contributed by atoms with Gasteiger partial charge in [-0.2, -0.15) is 5.10 Å². The van der Waals surface area contributed by atoms with E-state index in [-0.39, 0.29) is 28.6 Å². The van der Waals surface area contributed by atoms with Crippen LogP contribution < -0.4 is 11.0 Å². The molecule has 0 aliphatic heterocycles. The summed E-state index contributed by atoms with van der Waals surface area (Å²) >= 11 is 2.74. The van der Waals surface area contributed by atoms with Crippen molar-refractivity contribution >= 4 is 22.0 Å². The Labute approximate surface area is 166 Å². The van der Waals surface area contributed by atoms with Crippen molar-refractivity contribution in [2.24, 2.45) is 0 Å². The van der Waals surface area contributed by atoms with E-state index < -0.39 is 35.6 Å². The van der Waals surface area contributed by atoms with Crippen LogP contribution in [0.4, 0.5) is 18.0 Å². The van der Waals surface area contributed by atoms with Crippen molar-refractivity contribution < 1.29 is 22.7 Å². The summed E-state index contributed by atoms with van der Waals surface area (Å²) in [4.78, 5) is 24.0. The van der Waals surface area contributed by atoms with Crippen LogP contribution in [0, 0.1) is 11.6 Å². The number of nitrogens with zero attached hydrogens (tertiary/aromatic N) is 3. The third kappa shape index (κ3) is 5.47. The highest BCUT2D eigenvalue weighted by molar-refractivity contribution is 9.10. The molecule has 1 amide bonds. The van der Waals surface area contributed by atoms with Crippen molar-refractivity contribution in [2.45, 2.75) is 32.9 Å². The van der Waals surface area contributed by atoms with E-state index in [4.69, 9.17) is 4.74 Å². The van der Waals surface area contributed by atoms with E-state index in [1.54, 1.807) is 20.8 Å². The van der Waals surface area contributed by atoms with Crippen molar-refractivity contribution in [2.75, 3.05) is 6.61 Å². The lowest BCUT2D eigenvalue weighted by Crippen LogP contribution is -2.41. The molecule has 0 aliphatic rings. The van der Waals surface area contributed by atoms with E-state index >= 15 is 0 Å². The SMILES string of the molecule is CC(C)(C)NC(=O)OC/C(=C/F)Cn1ncn(-c2cc(F)c(Br)c(F)c2)c1=O. The van der Waals surface area contributed by atoms with Crippen LogP contribution in [0.2, 0.25) is 0 Å². The Morgan fingerprint density at radius 3 is 2.46 bits per heavy atom. The molecular weight excluding hydrogens is 445 g/mol. The highest BCUT2D eigenvalue weighted by atomic mass is 79.9. The monoisotopic (exact) mass is 462 g/mol. The summed E-state index contributed by atoms with van der Waals surface area (Å²) in [5.74, 6) is -1.78. The maximum absolute atomic E-state index is 13.7. The Kier molecular flexibility index (Phi) is 6.70. The average molecular weight is 463 g/mol. The largest absolute Gasteiger partial charge is 0.445 e. The van der Waals surface area contributed by atoms with E-state index in [0.29, 0.717) is 0 Å². The van der Waals surface area contributed by atoms with Crippen LogP contribution in [0.5, 0.6) is 0 Å². The summed E-state index contributed by atoms with van der Waals surface area (Å²) in [6.07, 6.45) is 0.507. The number of hydrogen-bond acceptors (Lipinski definition) is 4. The number of halogens is 4. The molecule has 0 aliphatic carbocycles. The van der Waals surface area contributed by atoms with Crippen LogP contribution in [0.1, 0.15) is 20.8 Å². The highest BCUT2D eigenvalue weighted by Crippen LogP contribution is 2.22. The van der Waals surface area contributed by atoms with E-state index in [0.717, 1.165) is 27.7 Å². The second-order valence-corrected chi connectivity index (χ2v) is 7.68. The first-order chi connectivity index (χ1) is 13.0. The molecule has 2 rings (SSSR count). The van der Waals surface area contributed by atoms with Gasteiger partial charge in [0.25, 0.3) is 0 Å². The third-order valence-corrected chi connectivity index (χ3v) is 4.11. The number of carbonyl (C=O) groups excluding carboxylic acids is 1. The second kappa shape index (κ2) is 8.63. The molecule has 1 heterocycles. The highest BCUT2D eigenvalue weighted by Gasteiger charge is 2.17. The maximum Gasteiger partial charge on any atom is 0.407 e. The molecule has 0 radical (unpaired) electrons. The minimum absolute atomic E-state index is 0.0374. The van der Waals surface area contributed by atoms with Crippen LogP contribution in [-0.2, 0) is 11.3 Å². The third-order valence-electron chi connectivity index (χ3n) is 3.35. The zero-order valence-electron chi connectivity index (χ0n) is 15.3. The van der Waals surface area contributed by atoms with Crippen molar-refractivity contribution in [3.8, 4) is 5.69 Å². The Hall–Kier alpha value is -2.56. The zero-order valence-corrected chi connectivity index (χ0v) is 16.9. The minimum atomic E-state index is -0.891. The van der Waals surface area contributed by atoms with E-state index in [1.165, 1.54) is 0 Å². The van der Waals surface area contributed by atoms with Crippen LogP contribution in [0.15, 0.2) is 39.6 Å². The first kappa shape index (κ1) is 21.7. The summed E-state index contributed by atoms with van der Waals surface area (Å²) in [5.41, 5.74) is -1.40. The number of hydrogen-bond donors (Lipinski definition) is 1. The number of ether oxygens (including phenoxy) is 1. The first-order valence-corrected chi connectivity index (χ1v) is 8.83. The fourth-order valence-electron chi connectivity index (χ4n) is 2.11. The summed E-state index contributed by atoms with van der Waals surface area (Å²) < 4.78 is 46.8. The van der Waals surface area contributed by atoms with E-state index in [1.807, 2.05) is 0 Å². The molecule has 11 heteroatoms. The molecule has 0 bridgehead atoms. The van der Waals surface area contributed by atoms with Gasteiger partial charge in [0.05, 0.1) is 23.0 Å². The average Bonchev–Trinajstić information content (AvgIpc) is 2.95. The van der Waals surface area contributed by atoms with Gasteiger partial charge in [-0.1, -0.05) is 0 Å². The fraction of sp³-hybridized carbons (Fsp3) is 0.353. The van der Waals surface area contributed by atoms with E-state index in [9.17, 15) is 22.8 Å². The quantitative estimate of drug-likeness (QED) is 0.690. The lowest BCUT2D eigenvalue weighted by atomic mass is 10.1. The van der Waals surface area contributed by atoms with E-state index in [2.05, 4.69) is 26.3 Å². The predicted molar refractivity (Wildman–Crippen MR) is 98.9 cm³/mol. The van der Waals surface area contributed by atoms with Gasteiger partial charge in [-0.25, -0.2) is 32.0 Å². The molecule has 28 heavy (non-hydrogen) atoms. The van der Waals surface area contributed by atoms with Gasteiger partial charge in [-0.15, -0.1) is 0 Å². The Bertz CT molecular complexity index is 940. The Balaban J connectivity index is 2.13. The fourth-order valence-corrected chi connectivity index (χ4v) is 2.34. The topological polar surface area (TPSA) is 78.2 Å². The lowest BCUT2D eigenvalue weighted by molar-refractivity contribution is 0.145. The number of rotatable bonds is 5. The van der Waals surface area contributed by atoms with Gasteiger partial charge in [-0.3, -0.25) is 0 Å². The summed E-state index contributed by atoms with van der Waals surface area (Å²) in [7, 11) is 0. The molecule has 0 atom stereocenters. The van der Waals surface area contributed by atoms with Crippen LogP contribution in [0.3, 0.4) is 0 Å². The molecule has 2 aromatic rings. The van der Waals surface area contributed by atoms with Gasteiger partial charge < -0.3 is 10.1 Å². The minimum Gasteiger partial charge on any atom is -0.445 e. The number of amides is 1. The number of aromatic nitrogens is 3. The molecule has 152 valence electrons. The van der Waals surface area contributed by atoms with Gasteiger partial charge in [0.15, 0.2) is 0 Å². The van der Waals surface area contributed by atoms with Gasteiger partial charge in [-0.05, 0) is 48.8 Å². The van der Waals surface area contributed by atoms with Gasteiger partial charge in [0, 0.05) is 11.1 Å². The maximum atomic E-state index is 13.7. The van der Waals surface area contributed by atoms with Gasteiger partial charge in [0.2, 0.25) is 0 Å². The molecule has 0 saturated carbocycles. The standard InChI is InChI=1S/C17H18BrF3N4O3/c1-17(2,3)23-15(26)28-8-10(6-19)7-25-16(27)24(9-22-25)11-4-12(20)14(18)13(21)5-11/h4-6,9H,7-8H2,1-3H3,(H,23,26)/b10-6+. The molecule has 0 saturated heterocycles. The summed E-state index contributed by atoms with van der Waals surface area (Å²) in [5, 5.41) is 6.34. The molecule has 1 aromatic heterocycles. The second-order valence-electron chi connectivity index (χ2n) is 6.88. The normalized spacial score (nSPS) is 12.2. The lowest BCUT2D eigenvalue weighted by Gasteiger charge is -2.20. The molecule has 0 fully saturated rings. The van der Waals surface area contributed by atoms with Crippen molar-refractivity contribution in [1.82, 2.24) is 19.7 Å². The number of nitrogens with one attached hydrogen (secondary N) is 1. The molecule has 1 N–H and O–H groups in total. The first-order valence-electron chi connectivity index (χ1n) is 8.04. The van der Waals surface area contributed by atoms with Crippen molar-refractivity contribution in [3.05, 3.63) is 57.0 Å². The van der Waals surface area contributed by atoms with Gasteiger partial charge >= 0.3 is 11.8 Å². The molecule has 0 unspecified atom stereocenters. The van der Waals surface area contributed by atoms with Crippen LogP contribution in [0.25, 0.3) is 5.69 Å². The number of benzene rings is 1. The van der Waals surface area contributed by atoms with Crippen molar-refractivity contribution in [1.29, 1.82) is 0 Å². The van der Waals surface area contributed by atoms with Gasteiger partial charge in [0.1, 0.15) is 24.6 Å². The Morgan fingerprint density at radius 1 is 1.32 bits per heavy atom. The molecular formula is C17H18BrF3N4O3. The number of alkyl carbamates (subject to hydrolysis) is 1. The molecule has 0 spiro atoms. The molecule has 1 aromatic carbocycles. The van der Waals surface area contributed by atoms with Crippen LogP contribution in [-0.4, -0.2) is 32.6 Å². The smallest absolute Gasteiger partial charge is 0.407 e. The zero-order chi connectivity index (χ0) is 21.1.